The quantitative estimate of drug-likeness (QED) is 0.869. The molecule has 0 aliphatic rings. The molecule has 1 N–H and O–H groups in total. The largest absolute Gasteiger partial charge is 0.361 e. The molecule has 0 saturated heterocycles. The molecule has 0 amide bonds. The molecule has 0 aromatic carbocycles. The molecule has 0 bridgehead atoms. The second kappa shape index (κ2) is 6.02. The molecule has 0 radical (unpaired) electrons. The van der Waals surface area contributed by atoms with Crippen molar-refractivity contribution in [1.82, 2.24) is 20.0 Å². The first-order chi connectivity index (χ1) is 9.13. The van der Waals surface area contributed by atoms with Crippen molar-refractivity contribution in [1.29, 1.82) is 0 Å². The summed E-state index contributed by atoms with van der Waals surface area (Å²) < 4.78 is 7.40. The van der Waals surface area contributed by atoms with Gasteiger partial charge in [0, 0.05) is 30.9 Å². The zero-order chi connectivity index (χ0) is 13.8. The van der Waals surface area contributed by atoms with E-state index < -0.39 is 0 Å². The van der Waals surface area contributed by atoms with Gasteiger partial charge >= 0.3 is 0 Å². The van der Waals surface area contributed by atoms with Crippen LogP contribution in [0.15, 0.2) is 17.0 Å². The Labute approximate surface area is 114 Å². The number of hydrogen-bond donors (Lipinski definition) is 1. The minimum Gasteiger partial charge on any atom is -0.361 e. The SMILES string of the molecule is CCCn1cncc1CNC(C)c1c(C)noc1C. The standard InChI is InChI=1S/C14H22N4O/c1-5-6-18-9-15-7-13(18)8-16-10(2)14-11(3)17-19-12(14)4/h7,9-10,16H,5-6,8H2,1-4H3. The highest BCUT2D eigenvalue weighted by Gasteiger charge is 2.16. The van der Waals surface area contributed by atoms with Crippen LogP contribution in [-0.2, 0) is 13.1 Å². The van der Waals surface area contributed by atoms with Gasteiger partial charge in [-0.25, -0.2) is 4.98 Å². The van der Waals surface area contributed by atoms with Gasteiger partial charge in [-0.3, -0.25) is 0 Å². The number of rotatable bonds is 6. The van der Waals surface area contributed by atoms with Crippen LogP contribution in [-0.4, -0.2) is 14.7 Å². The molecule has 0 saturated carbocycles. The summed E-state index contributed by atoms with van der Waals surface area (Å²) in [5, 5.41) is 7.50. The van der Waals surface area contributed by atoms with Crippen LogP contribution in [0.2, 0.25) is 0 Å². The van der Waals surface area contributed by atoms with Gasteiger partial charge in [-0.2, -0.15) is 0 Å². The molecule has 2 aromatic rings. The normalized spacial score (nSPS) is 12.8. The third kappa shape index (κ3) is 3.04. The van der Waals surface area contributed by atoms with Crippen LogP contribution in [0.4, 0.5) is 0 Å². The summed E-state index contributed by atoms with van der Waals surface area (Å²) in [5.41, 5.74) is 3.32. The molecular formula is C14H22N4O. The Bertz CT molecular complexity index is 510. The number of aromatic nitrogens is 3. The molecule has 5 heteroatoms. The lowest BCUT2D eigenvalue weighted by Crippen LogP contribution is -2.20. The zero-order valence-electron chi connectivity index (χ0n) is 12.1. The van der Waals surface area contributed by atoms with E-state index in [0.717, 1.165) is 36.5 Å². The van der Waals surface area contributed by atoms with Crippen molar-refractivity contribution in [3.8, 4) is 0 Å². The summed E-state index contributed by atoms with van der Waals surface area (Å²) >= 11 is 0. The predicted octanol–water partition coefficient (Wildman–Crippen LogP) is 2.75. The second-order valence-electron chi connectivity index (χ2n) is 4.92. The Morgan fingerprint density at radius 2 is 2.21 bits per heavy atom. The number of imidazole rings is 1. The van der Waals surface area contributed by atoms with E-state index in [-0.39, 0.29) is 6.04 Å². The Balaban J connectivity index is 2.00. The summed E-state index contributed by atoms with van der Waals surface area (Å²) in [6.07, 6.45) is 4.92. The highest BCUT2D eigenvalue weighted by molar-refractivity contribution is 5.24. The summed E-state index contributed by atoms with van der Waals surface area (Å²) in [4.78, 5) is 4.21. The van der Waals surface area contributed by atoms with Gasteiger partial charge in [0.25, 0.3) is 0 Å². The average Bonchev–Trinajstić information content (AvgIpc) is 2.94. The molecule has 19 heavy (non-hydrogen) atoms. The Kier molecular flexibility index (Phi) is 4.37. The average molecular weight is 262 g/mol. The summed E-state index contributed by atoms with van der Waals surface area (Å²) in [7, 11) is 0. The number of aryl methyl sites for hydroxylation is 3. The van der Waals surface area contributed by atoms with E-state index >= 15 is 0 Å². The van der Waals surface area contributed by atoms with Crippen LogP contribution >= 0.6 is 0 Å². The molecule has 0 fully saturated rings. The van der Waals surface area contributed by atoms with E-state index in [9.17, 15) is 0 Å². The lowest BCUT2D eigenvalue weighted by Gasteiger charge is -2.14. The molecule has 0 spiro atoms. The van der Waals surface area contributed by atoms with Crippen LogP contribution in [0.3, 0.4) is 0 Å². The smallest absolute Gasteiger partial charge is 0.138 e. The first-order valence-corrected chi connectivity index (χ1v) is 6.78. The van der Waals surface area contributed by atoms with Crippen molar-refractivity contribution < 1.29 is 4.52 Å². The van der Waals surface area contributed by atoms with Crippen LogP contribution < -0.4 is 5.32 Å². The Hall–Kier alpha value is -1.62. The van der Waals surface area contributed by atoms with Gasteiger partial charge in [0.15, 0.2) is 0 Å². The van der Waals surface area contributed by atoms with E-state index in [1.165, 1.54) is 5.69 Å². The van der Waals surface area contributed by atoms with Gasteiger partial charge < -0.3 is 14.4 Å². The van der Waals surface area contributed by atoms with Crippen molar-refractivity contribution in [2.24, 2.45) is 0 Å². The predicted molar refractivity (Wildman–Crippen MR) is 73.7 cm³/mol. The van der Waals surface area contributed by atoms with Crippen molar-refractivity contribution in [2.45, 2.75) is 53.2 Å². The van der Waals surface area contributed by atoms with Gasteiger partial charge in [0.1, 0.15) is 5.76 Å². The third-order valence-electron chi connectivity index (χ3n) is 3.37. The summed E-state index contributed by atoms with van der Waals surface area (Å²) in [6, 6.07) is 0.219. The number of hydrogen-bond acceptors (Lipinski definition) is 4. The fraction of sp³-hybridized carbons (Fsp3) is 0.571. The monoisotopic (exact) mass is 262 g/mol. The van der Waals surface area contributed by atoms with Crippen LogP contribution in [0.1, 0.15) is 49.0 Å². The third-order valence-corrected chi connectivity index (χ3v) is 3.37. The number of nitrogens with zero attached hydrogens (tertiary/aromatic N) is 3. The lowest BCUT2D eigenvalue weighted by atomic mass is 10.1. The molecule has 2 rings (SSSR count). The van der Waals surface area contributed by atoms with Gasteiger partial charge in [0.2, 0.25) is 0 Å². The van der Waals surface area contributed by atoms with Crippen LogP contribution in [0.5, 0.6) is 0 Å². The second-order valence-corrected chi connectivity index (χ2v) is 4.92. The molecule has 1 unspecified atom stereocenters. The maximum Gasteiger partial charge on any atom is 0.138 e. The van der Waals surface area contributed by atoms with Crippen LogP contribution in [0.25, 0.3) is 0 Å². The van der Waals surface area contributed by atoms with Crippen molar-refractivity contribution >= 4 is 0 Å². The fourth-order valence-corrected chi connectivity index (χ4v) is 2.41. The Morgan fingerprint density at radius 3 is 2.84 bits per heavy atom. The van der Waals surface area contributed by atoms with E-state index in [2.05, 4.69) is 33.9 Å². The summed E-state index contributed by atoms with van der Waals surface area (Å²) in [5.74, 6) is 0.888. The summed E-state index contributed by atoms with van der Waals surface area (Å²) in [6.45, 7) is 10.0. The molecule has 104 valence electrons. The molecule has 5 nitrogen and oxygen atoms in total. The van der Waals surface area contributed by atoms with Gasteiger partial charge in [0.05, 0.1) is 17.7 Å². The van der Waals surface area contributed by atoms with Gasteiger partial charge in [-0.15, -0.1) is 0 Å². The highest BCUT2D eigenvalue weighted by Crippen LogP contribution is 2.21. The van der Waals surface area contributed by atoms with E-state index in [1.807, 2.05) is 26.4 Å². The minimum absolute atomic E-state index is 0.219. The molecule has 0 aliphatic heterocycles. The lowest BCUT2D eigenvalue weighted by molar-refractivity contribution is 0.390. The maximum absolute atomic E-state index is 5.21. The molecular weight excluding hydrogens is 240 g/mol. The number of nitrogens with one attached hydrogen (secondary N) is 1. The first-order valence-electron chi connectivity index (χ1n) is 6.78. The van der Waals surface area contributed by atoms with E-state index in [0.29, 0.717) is 0 Å². The highest BCUT2D eigenvalue weighted by atomic mass is 16.5. The van der Waals surface area contributed by atoms with Crippen molar-refractivity contribution in [3.63, 3.8) is 0 Å². The van der Waals surface area contributed by atoms with Crippen molar-refractivity contribution in [2.75, 3.05) is 0 Å². The fourth-order valence-electron chi connectivity index (χ4n) is 2.41. The molecule has 1 atom stereocenters. The Morgan fingerprint density at radius 1 is 1.42 bits per heavy atom. The van der Waals surface area contributed by atoms with E-state index in [1.54, 1.807) is 0 Å². The molecule has 0 aliphatic carbocycles. The first kappa shape index (κ1) is 13.8. The zero-order valence-corrected chi connectivity index (χ0v) is 12.1. The topological polar surface area (TPSA) is 55.9 Å². The van der Waals surface area contributed by atoms with Crippen LogP contribution in [0, 0.1) is 13.8 Å². The van der Waals surface area contributed by atoms with E-state index in [4.69, 9.17) is 4.52 Å². The minimum atomic E-state index is 0.219. The molecule has 2 aromatic heterocycles. The molecule has 2 heterocycles. The van der Waals surface area contributed by atoms with Gasteiger partial charge in [-0.05, 0) is 27.2 Å². The van der Waals surface area contributed by atoms with Gasteiger partial charge in [-0.1, -0.05) is 12.1 Å². The van der Waals surface area contributed by atoms with Crippen molar-refractivity contribution in [3.05, 3.63) is 35.2 Å². The maximum atomic E-state index is 5.21.